The first-order valence-electron chi connectivity index (χ1n) is 5.84. The number of fused-ring (bicyclic) bond motifs is 2. The zero-order chi connectivity index (χ0) is 14.4. The topological polar surface area (TPSA) is 74.7 Å². The van der Waals surface area contributed by atoms with Crippen LogP contribution in [0.5, 0.6) is 0 Å². The molecule has 2 atom stereocenters. The van der Waals surface area contributed by atoms with Crippen LogP contribution in [-0.2, 0) is 14.4 Å². The number of hydrogen-bond acceptors (Lipinski definition) is 3. The van der Waals surface area contributed by atoms with Gasteiger partial charge in [-0.2, -0.15) is 13.2 Å². The summed E-state index contributed by atoms with van der Waals surface area (Å²) in [6, 6.07) is -1.90. The molecule has 0 aliphatic carbocycles. The Balaban J connectivity index is 2.25. The quantitative estimate of drug-likeness (QED) is 0.776. The molecule has 2 unspecified atom stereocenters. The summed E-state index contributed by atoms with van der Waals surface area (Å²) in [6.45, 7) is 0. The van der Waals surface area contributed by atoms with Crippen LogP contribution in [-0.4, -0.2) is 45.9 Å². The normalized spacial score (nSPS) is 31.2. The Morgan fingerprint density at radius 3 is 2.00 bits per heavy atom. The minimum Gasteiger partial charge on any atom is -0.481 e. The fourth-order valence-corrected chi connectivity index (χ4v) is 2.93. The third-order valence-electron chi connectivity index (χ3n) is 3.65. The summed E-state index contributed by atoms with van der Waals surface area (Å²) in [6.07, 6.45) is -5.57. The molecule has 0 aromatic carbocycles. The van der Waals surface area contributed by atoms with Crippen molar-refractivity contribution in [3.8, 4) is 0 Å². The molecular formula is C11H12F3NO4. The van der Waals surface area contributed by atoms with Crippen LogP contribution in [0.25, 0.3) is 0 Å². The number of ketones is 1. The lowest BCUT2D eigenvalue weighted by Gasteiger charge is -2.47. The second-order valence-corrected chi connectivity index (χ2v) is 4.97. The predicted molar refractivity (Wildman–Crippen MR) is 55.1 cm³/mol. The number of carbonyl (C=O) groups excluding carboxylic acids is 2. The van der Waals surface area contributed by atoms with Crippen molar-refractivity contribution in [1.29, 1.82) is 0 Å². The smallest absolute Gasteiger partial charge is 0.471 e. The molecule has 106 valence electrons. The molecule has 0 saturated carbocycles. The lowest BCUT2D eigenvalue weighted by atomic mass is 9.78. The largest absolute Gasteiger partial charge is 0.481 e. The average Bonchev–Trinajstić information content (AvgIpc) is 2.24. The minimum atomic E-state index is -4.99. The average molecular weight is 279 g/mol. The van der Waals surface area contributed by atoms with Crippen molar-refractivity contribution in [2.45, 2.75) is 43.9 Å². The van der Waals surface area contributed by atoms with Gasteiger partial charge < -0.3 is 10.0 Å². The second kappa shape index (κ2) is 4.50. The van der Waals surface area contributed by atoms with E-state index in [0.29, 0.717) is 4.90 Å². The summed E-state index contributed by atoms with van der Waals surface area (Å²) in [5.41, 5.74) is 0. The predicted octanol–water partition coefficient (Wildman–Crippen LogP) is 0.972. The number of piperidine rings is 2. The van der Waals surface area contributed by atoms with Crippen molar-refractivity contribution < 1.29 is 32.7 Å². The van der Waals surface area contributed by atoms with Gasteiger partial charge in [0.1, 0.15) is 5.78 Å². The zero-order valence-electron chi connectivity index (χ0n) is 9.81. The van der Waals surface area contributed by atoms with Crippen LogP contribution in [0.2, 0.25) is 0 Å². The maximum absolute atomic E-state index is 12.5. The first-order chi connectivity index (χ1) is 8.70. The fraction of sp³-hybridized carbons (Fsp3) is 0.727. The number of rotatable bonds is 1. The maximum atomic E-state index is 12.5. The molecule has 19 heavy (non-hydrogen) atoms. The molecule has 8 heteroatoms. The Bertz CT molecular complexity index is 416. The molecule has 5 nitrogen and oxygen atoms in total. The van der Waals surface area contributed by atoms with Crippen LogP contribution < -0.4 is 0 Å². The van der Waals surface area contributed by atoms with Gasteiger partial charge in [-0.15, -0.1) is 0 Å². The molecule has 1 N–H and O–H groups in total. The van der Waals surface area contributed by atoms with E-state index < -0.39 is 36.1 Å². The molecule has 0 radical (unpaired) electrons. The van der Waals surface area contributed by atoms with Gasteiger partial charge in [0.2, 0.25) is 0 Å². The highest BCUT2D eigenvalue weighted by atomic mass is 19.4. The number of carboxylic acids is 1. The summed E-state index contributed by atoms with van der Waals surface area (Å²) in [7, 11) is 0. The van der Waals surface area contributed by atoms with Gasteiger partial charge in [0.15, 0.2) is 0 Å². The number of halogens is 3. The Labute approximate surface area is 106 Å². The lowest BCUT2D eigenvalue weighted by molar-refractivity contribution is -0.196. The van der Waals surface area contributed by atoms with Crippen molar-refractivity contribution in [1.82, 2.24) is 4.90 Å². The Morgan fingerprint density at radius 1 is 1.16 bits per heavy atom. The molecule has 2 fully saturated rings. The fourth-order valence-electron chi connectivity index (χ4n) is 2.93. The van der Waals surface area contributed by atoms with Gasteiger partial charge >= 0.3 is 18.1 Å². The zero-order valence-corrected chi connectivity index (χ0v) is 9.81. The van der Waals surface area contributed by atoms with E-state index in [1.54, 1.807) is 0 Å². The Morgan fingerprint density at radius 2 is 1.63 bits per heavy atom. The molecule has 0 aromatic heterocycles. The van der Waals surface area contributed by atoms with Crippen molar-refractivity contribution >= 4 is 17.7 Å². The summed E-state index contributed by atoms with van der Waals surface area (Å²) in [5.74, 6) is -4.08. The van der Waals surface area contributed by atoms with Crippen LogP contribution in [0, 0.1) is 5.92 Å². The number of aliphatic carboxylic acids is 1. The molecule has 2 saturated heterocycles. The van der Waals surface area contributed by atoms with E-state index in [4.69, 9.17) is 5.11 Å². The first-order valence-corrected chi connectivity index (χ1v) is 5.84. The molecule has 0 aromatic rings. The van der Waals surface area contributed by atoms with E-state index in [2.05, 4.69) is 0 Å². The monoisotopic (exact) mass is 279 g/mol. The van der Waals surface area contributed by atoms with E-state index in [0.717, 1.165) is 0 Å². The molecule has 2 aliphatic heterocycles. The first kappa shape index (κ1) is 13.8. The van der Waals surface area contributed by atoms with Crippen LogP contribution in [0.1, 0.15) is 25.7 Å². The van der Waals surface area contributed by atoms with Gasteiger partial charge in [0.25, 0.3) is 0 Å². The van der Waals surface area contributed by atoms with Gasteiger partial charge in [0, 0.05) is 24.9 Å². The van der Waals surface area contributed by atoms with Crippen molar-refractivity contribution in [3.63, 3.8) is 0 Å². The highest BCUT2D eigenvalue weighted by Gasteiger charge is 2.52. The van der Waals surface area contributed by atoms with Crippen LogP contribution in [0.3, 0.4) is 0 Å². The third-order valence-corrected chi connectivity index (χ3v) is 3.65. The molecular weight excluding hydrogens is 267 g/mol. The minimum absolute atomic E-state index is 0.0978. The van der Waals surface area contributed by atoms with Gasteiger partial charge in [-0.05, 0) is 12.8 Å². The summed E-state index contributed by atoms with van der Waals surface area (Å²) in [5, 5.41) is 8.93. The van der Waals surface area contributed by atoms with Crippen LogP contribution in [0.4, 0.5) is 13.2 Å². The standard InChI is InChI=1S/C11H12F3NO4/c12-11(13,14)10(19)15-6-1-5(9(17)18)2-7(15)4-8(16)3-6/h5-7H,1-4H2,(H,17,18). The maximum Gasteiger partial charge on any atom is 0.471 e. The van der Waals surface area contributed by atoms with Crippen molar-refractivity contribution in [2.24, 2.45) is 5.92 Å². The highest BCUT2D eigenvalue weighted by Crippen LogP contribution is 2.38. The van der Waals surface area contributed by atoms with E-state index in [-0.39, 0.29) is 31.5 Å². The summed E-state index contributed by atoms with van der Waals surface area (Å²) >= 11 is 0. The number of alkyl halides is 3. The number of carboxylic acid groups (broad SMARTS) is 1. The number of carbonyl (C=O) groups is 3. The number of Topliss-reactive ketones (excluding diaryl/α,β-unsaturated/α-hetero) is 1. The Kier molecular flexibility index (Phi) is 3.27. The molecule has 0 spiro atoms. The van der Waals surface area contributed by atoms with Gasteiger partial charge in [-0.1, -0.05) is 0 Å². The van der Waals surface area contributed by atoms with Crippen LogP contribution in [0.15, 0.2) is 0 Å². The summed E-state index contributed by atoms with van der Waals surface area (Å²) < 4.78 is 37.5. The third kappa shape index (κ3) is 2.57. The van der Waals surface area contributed by atoms with Crippen molar-refractivity contribution in [3.05, 3.63) is 0 Å². The number of amides is 1. The van der Waals surface area contributed by atoms with E-state index in [1.807, 2.05) is 0 Å². The SMILES string of the molecule is O=C1CC2CC(C(=O)O)CC(C1)N2C(=O)C(F)(F)F. The van der Waals surface area contributed by atoms with E-state index in [9.17, 15) is 27.6 Å². The second-order valence-electron chi connectivity index (χ2n) is 4.97. The van der Waals surface area contributed by atoms with Gasteiger partial charge in [-0.25, -0.2) is 0 Å². The molecule has 2 bridgehead atoms. The van der Waals surface area contributed by atoms with Gasteiger partial charge in [0.05, 0.1) is 5.92 Å². The molecule has 2 heterocycles. The Hall–Kier alpha value is -1.60. The van der Waals surface area contributed by atoms with E-state index >= 15 is 0 Å². The number of nitrogens with zero attached hydrogens (tertiary/aromatic N) is 1. The lowest BCUT2D eigenvalue weighted by Crippen LogP contribution is -2.60. The van der Waals surface area contributed by atoms with Crippen LogP contribution >= 0.6 is 0 Å². The molecule has 2 aliphatic rings. The molecule has 1 amide bonds. The van der Waals surface area contributed by atoms with Crippen molar-refractivity contribution in [2.75, 3.05) is 0 Å². The van der Waals surface area contributed by atoms with Gasteiger partial charge in [-0.3, -0.25) is 14.4 Å². The van der Waals surface area contributed by atoms with E-state index in [1.165, 1.54) is 0 Å². The summed E-state index contributed by atoms with van der Waals surface area (Å²) in [4.78, 5) is 34.4. The molecule has 2 rings (SSSR count). The highest BCUT2D eigenvalue weighted by molar-refractivity contribution is 5.88. The number of hydrogen-bond donors (Lipinski definition) is 1.